The average molecular weight is 407 g/mol. The van der Waals surface area contributed by atoms with Crippen LogP contribution in [0.2, 0.25) is 0 Å². The first kappa shape index (κ1) is 19.5. The Morgan fingerprint density at radius 2 is 2.10 bits per heavy atom. The Kier molecular flexibility index (Phi) is 5.36. The molecule has 3 N–H and O–H groups in total. The molecule has 0 spiro atoms. The fourth-order valence-corrected chi connectivity index (χ4v) is 2.96. The molecule has 0 amide bonds. The maximum atomic E-state index is 12.0. The highest BCUT2D eigenvalue weighted by atomic mass is 16.5. The van der Waals surface area contributed by atoms with Crippen LogP contribution in [0.3, 0.4) is 0 Å². The number of aryl methyl sites for hydroxylation is 2. The van der Waals surface area contributed by atoms with Gasteiger partial charge in [-0.2, -0.15) is 0 Å². The molecule has 3 heterocycles. The quantitative estimate of drug-likeness (QED) is 0.431. The van der Waals surface area contributed by atoms with E-state index in [4.69, 9.17) is 14.3 Å². The largest absolute Gasteiger partial charge is 0.491 e. The number of aliphatic hydroxyl groups is 1. The lowest BCUT2D eigenvalue weighted by molar-refractivity contribution is 0.201. The van der Waals surface area contributed by atoms with Gasteiger partial charge in [0.25, 0.3) is 6.01 Å². The predicted molar refractivity (Wildman–Crippen MR) is 111 cm³/mol. The summed E-state index contributed by atoms with van der Waals surface area (Å²) in [4.78, 5) is 23.3. The molecular formula is C21H21N5O4. The zero-order chi connectivity index (χ0) is 21.1. The van der Waals surface area contributed by atoms with Crippen molar-refractivity contribution in [2.45, 2.75) is 13.8 Å². The van der Waals surface area contributed by atoms with E-state index in [-0.39, 0.29) is 18.9 Å². The summed E-state index contributed by atoms with van der Waals surface area (Å²) in [5.41, 5.74) is 3.00. The van der Waals surface area contributed by atoms with E-state index in [1.165, 1.54) is 4.57 Å². The highest BCUT2D eigenvalue weighted by molar-refractivity contribution is 5.63. The number of anilines is 2. The lowest BCUT2D eigenvalue weighted by Crippen LogP contribution is -2.15. The summed E-state index contributed by atoms with van der Waals surface area (Å²) in [5.74, 6) is 1.65. The number of benzene rings is 1. The number of aromatic nitrogens is 4. The van der Waals surface area contributed by atoms with Crippen LogP contribution in [0.5, 0.6) is 5.75 Å². The van der Waals surface area contributed by atoms with Crippen molar-refractivity contribution in [3.63, 3.8) is 0 Å². The van der Waals surface area contributed by atoms with Gasteiger partial charge in [-0.15, -0.1) is 0 Å². The van der Waals surface area contributed by atoms with Crippen molar-refractivity contribution in [2.24, 2.45) is 0 Å². The predicted octanol–water partition coefficient (Wildman–Crippen LogP) is 2.95. The Hall–Kier alpha value is -3.85. The second-order valence-electron chi connectivity index (χ2n) is 6.72. The standard InChI is InChI=1S/C21H21N5O4/c1-13-3-4-16(29-8-7-27)10-17(13)25-20-23-11-18(30-20)15-5-6-22-19(9-15)26-12-14(2)24-21(26)28/h3-6,9-12,27H,7-8H2,1-2H3,(H,23,25)(H,24,28). The van der Waals surface area contributed by atoms with Crippen LogP contribution in [0, 0.1) is 13.8 Å². The van der Waals surface area contributed by atoms with Gasteiger partial charge in [-0.05, 0) is 37.6 Å². The van der Waals surface area contributed by atoms with Gasteiger partial charge in [0.2, 0.25) is 0 Å². The van der Waals surface area contributed by atoms with Gasteiger partial charge in [0.15, 0.2) is 5.76 Å². The first-order valence-electron chi connectivity index (χ1n) is 9.36. The van der Waals surface area contributed by atoms with E-state index in [1.807, 2.05) is 32.0 Å². The molecule has 0 saturated heterocycles. The molecule has 0 aliphatic rings. The van der Waals surface area contributed by atoms with Crippen LogP contribution >= 0.6 is 0 Å². The number of oxazole rings is 1. The lowest BCUT2D eigenvalue weighted by atomic mass is 10.2. The second-order valence-corrected chi connectivity index (χ2v) is 6.72. The number of nitrogens with zero attached hydrogens (tertiary/aromatic N) is 3. The number of H-pyrrole nitrogens is 1. The summed E-state index contributed by atoms with van der Waals surface area (Å²) >= 11 is 0. The molecule has 0 fully saturated rings. The molecule has 154 valence electrons. The summed E-state index contributed by atoms with van der Waals surface area (Å²) in [7, 11) is 0. The zero-order valence-electron chi connectivity index (χ0n) is 16.5. The van der Waals surface area contributed by atoms with Crippen LogP contribution < -0.4 is 15.7 Å². The lowest BCUT2D eigenvalue weighted by Gasteiger charge is -2.10. The van der Waals surface area contributed by atoms with Gasteiger partial charge in [-0.25, -0.2) is 14.8 Å². The van der Waals surface area contributed by atoms with Crippen molar-refractivity contribution in [1.82, 2.24) is 19.5 Å². The number of ether oxygens (including phenoxy) is 1. The fourth-order valence-electron chi connectivity index (χ4n) is 2.96. The van der Waals surface area contributed by atoms with Crippen LogP contribution in [0.1, 0.15) is 11.3 Å². The summed E-state index contributed by atoms with van der Waals surface area (Å²) in [5, 5.41) is 12.1. The smallest absolute Gasteiger partial charge is 0.331 e. The minimum absolute atomic E-state index is 0.0535. The zero-order valence-corrected chi connectivity index (χ0v) is 16.5. The van der Waals surface area contributed by atoms with E-state index in [9.17, 15) is 4.79 Å². The third kappa shape index (κ3) is 4.11. The topological polar surface area (TPSA) is 118 Å². The van der Waals surface area contributed by atoms with E-state index in [2.05, 4.69) is 20.3 Å². The maximum absolute atomic E-state index is 12.0. The number of nitrogens with one attached hydrogen (secondary N) is 2. The van der Waals surface area contributed by atoms with Crippen molar-refractivity contribution < 1.29 is 14.3 Å². The molecule has 30 heavy (non-hydrogen) atoms. The molecule has 3 aromatic heterocycles. The fraction of sp³-hybridized carbons (Fsp3) is 0.190. The SMILES string of the molecule is Cc1cn(-c2cc(-c3cnc(Nc4cc(OCCO)ccc4C)o3)ccn2)c(=O)[nH]1. The van der Waals surface area contributed by atoms with Crippen LogP contribution in [-0.2, 0) is 0 Å². The third-order valence-electron chi connectivity index (χ3n) is 4.44. The molecule has 0 aliphatic heterocycles. The minimum Gasteiger partial charge on any atom is -0.491 e. The Bertz CT molecular complexity index is 1220. The van der Waals surface area contributed by atoms with Gasteiger partial charge in [-0.1, -0.05) is 6.07 Å². The molecular weight excluding hydrogens is 386 g/mol. The summed E-state index contributed by atoms with van der Waals surface area (Å²) in [6.07, 6.45) is 4.91. The average Bonchev–Trinajstić information content (AvgIpc) is 3.34. The summed E-state index contributed by atoms with van der Waals surface area (Å²) in [6, 6.07) is 9.42. The van der Waals surface area contributed by atoms with Crippen molar-refractivity contribution in [1.29, 1.82) is 0 Å². The summed E-state index contributed by atoms with van der Waals surface area (Å²) < 4.78 is 12.7. The third-order valence-corrected chi connectivity index (χ3v) is 4.44. The van der Waals surface area contributed by atoms with E-state index in [0.717, 1.165) is 22.5 Å². The molecule has 1 aromatic carbocycles. The van der Waals surface area contributed by atoms with Gasteiger partial charge >= 0.3 is 5.69 Å². The molecule has 4 aromatic rings. The second kappa shape index (κ2) is 8.26. The number of pyridine rings is 1. The number of hydrogen-bond donors (Lipinski definition) is 3. The minimum atomic E-state index is -0.254. The van der Waals surface area contributed by atoms with E-state index < -0.39 is 0 Å². The highest BCUT2D eigenvalue weighted by Crippen LogP contribution is 2.28. The highest BCUT2D eigenvalue weighted by Gasteiger charge is 2.11. The number of rotatable bonds is 7. The Morgan fingerprint density at radius 3 is 2.87 bits per heavy atom. The van der Waals surface area contributed by atoms with Gasteiger partial charge in [-0.3, -0.25) is 4.57 Å². The van der Waals surface area contributed by atoms with E-state index >= 15 is 0 Å². The maximum Gasteiger partial charge on any atom is 0.331 e. The number of aromatic amines is 1. The first-order valence-corrected chi connectivity index (χ1v) is 9.36. The Balaban J connectivity index is 1.57. The van der Waals surface area contributed by atoms with Crippen LogP contribution in [-0.4, -0.2) is 37.8 Å². The van der Waals surface area contributed by atoms with Crippen molar-refractivity contribution >= 4 is 11.7 Å². The monoisotopic (exact) mass is 407 g/mol. The number of hydrogen-bond acceptors (Lipinski definition) is 7. The molecule has 9 heteroatoms. The first-order chi connectivity index (χ1) is 14.5. The van der Waals surface area contributed by atoms with E-state index in [0.29, 0.717) is 23.3 Å². The van der Waals surface area contributed by atoms with Crippen molar-refractivity contribution in [3.8, 4) is 22.9 Å². The Labute approximate surface area is 172 Å². The molecule has 0 unspecified atom stereocenters. The van der Waals surface area contributed by atoms with Gasteiger partial charge in [0.1, 0.15) is 18.2 Å². The molecule has 0 radical (unpaired) electrons. The molecule has 0 bridgehead atoms. The van der Waals surface area contributed by atoms with Crippen LogP contribution in [0.4, 0.5) is 11.7 Å². The molecule has 4 rings (SSSR count). The van der Waals surface area contributed by atoms with Gasteiger partial charge in [0.05, 0.1) is 12.8 Å². The van der Waals surface area contributed by atoms with Crippen molar-refractivity contribution in [2.75, 3.05) is 18.5 Å². The normalized spacial score (nSPS) is 10.9. The van der Waals surface area contributed by atoms with Gasteiger partial charge in [0, 0.05) is 35.4 Å². The molecule has 9 nitrogen and oxygen atoms in total. The molecule has 0 atom stereocenters. The van der Waals surface area contributed by atoms with Crippen LogP contribution in [0.25, 0.3) is 17.1 Å². The van der Waals surface area contributed by atoms with Gasteiger partial charge < -0.3 is 24.6 Å². The summed E-state index contributed by atoms with van der Waals surface area (Å²) in [6.45, 7) is 3.93. The molecule has 0 saturated carbocycles. The Morgan fingerprint density at radius 1 is 1.23 bits per heavy atom. The molecule has 0 aliphatic carbocycles. The van der Waals surface area contributed by atoms with E-state index in [1.54, 1.807) is 30.7 Å². The number of aliphatic hydroxyl groups excluding tert-OH is 1. The van der Waals surface area contributed by atoms with Crippen molar-refractivity contribution in [3.05, 3.63) is 70.7 Å². The number of imidazole rings is 1. The van der Waals surface area contributed by atoms with Crippen LogP contribution in [0.15, 0.2) is 58.1 Å².